The van der Waals surface area contributed by atoms with Crippen LogP contribution in [0.3, 0.4) is 0 Å². The molecule has 4 rings (SSSR count). The van der Waals surface area contributed by atoms with Crippen molar-refractivity contribution in [1.29, 1.82) is 0 Å². The van der Waals surface area contributed by atoms with Gasteiger partial charge in [0.05, 0.1) is 15.9 Å². The van der Waals surface area contributed by atoms with E-state index in [1.807, 2.05) is 38.1 Å². The Balaban J connectivity index is 1.79. The Morgan fingerprint density at radius 2 is 1.37 bits per heavy atom. The van der Waals surface area contributed by atoms with Gasteiger partial charge in [-0.05, 0) is 73.5 Å². The number of hydrogen-bond donors (Lipinski definition) is 2. The Bertz CT molecular complexity index is 1320. The van der Waals surface area contributed by atoms with Gasteiger partial charge in [-0.15, -0.1) is 0 Å². The van der Waals surface area contributed by atoms with Gasteiger partial charge in [0.1, 0.15) is 5.82 Å². The number of sulfonamides is 1. The molecular formula is C22H19FN4O2S. The minimum absolute atomic E-state index is 0.0529. The molecule has 0 aliphatic heterocycles. The second-order valence-electron chi connectivity index (χ2n) is 6.97. The lowest BCUT2D eigenvalue weighted by atomic mass is 10.1. The van der Waals surface area contributed by atoms with Crippen molar-refractivity contribution in [3.63, 3.8) is 0 Å². The molecule has 6 nitrogen and oxygen atoms in total. The third-order valence-corrected chi connectivity index (χ3v) is 5.76. The van der Waals surface area contributed by atoms with E-state index in [1.54, 1.807) is 18.2 Å². The molecule has 0 radical (unpaired) electrons. The van der Waals surface area contributed by atoms with E-state index in [0.717, 1.165) is 28.9 Å². The van der Waals surface area contributed by atoms with Crippen molar-refractivity contribution in [2.24, 2.45) is 0 Å². The summed E-state index contributed by atoms with van der Waals surface area (Å²) in [5, 5.41) is 3.17. The molecule has 0 saturated carbocycles. The molecule has 0 bridgehead atoms. The first kappa shape index (κ1) is 19.8. The second kappa shape index (κ2) is 7.72. The Morgan fingerprint density at radius 1 is 0.800 bits per heavy atom. The second-order valence-corrected chi connectivity index (χ2v) is 8.65. The first-order valence-electron chi connectivity index (χ1n) is 9.21. The zero-order valence-electron chi connectivity index (χ0n) is 16.3. The molecule has 3 aromatic carbocycles. The summed E-state index contributed by atoms with van der Waals surface area (Å²) in [5.74, 6) is -0.196. The van der Waals surface area contributed by atoms with Crippen LogP contribution in [0.4, 0.5) is 21.7 Å². The summed E-state index contributed by atoms with van der Waals surface area (Å²) in [7, 11) is -3.99. The topological polar surface area (TPSA) is 84.0 Å². The maximum atomic E-state index is 13.2. The zero-order chi connectivity index (χ0) is 21.3. The van der Waals surface area contributed by atoms with Crippen molar-refractivity contribution in [1.82, 2.24) is 9.97 Å². The van der Waals surface area contributed by atoms with Crippen LogP contribution in [0.2, 0.25) is 0 Å². The molecule has 0 atom stereocenters. The van der Waals surface area contributed by atoms with Crippen LogP contribution in [0.25, 0.3) is 11.0 Å². The molecule has 152 valence electrons. The molecule has 0 fully saturated rings. The van der Waals surface area contributed by atoms with Gasteiger partial charge >= 0.3 is 0 Å². The summed E-state index contributed by atoms with van der Waals surface area (Å²) in [6.45, 7) is 3.95. The number of aryl methyl sites for hydroxylation is 2. The largest absolute Gasteiger partial charge is 0.337 e. The lowest BCUT2D eigenvalue weighted by Gasteiger charge is -2.14. The van der Waals surface area contributed by atoms with Crippen LogP contribution in [-0.4, -0.2) is 18.4 Å². The van der Waals surface area contributed by atoms with E-state index in [0.29, 0.717) is 11.0 Å². The molecule has 8 heteroatoms. The minimum atomic E-state index is -3.99. The number of benzene rings is 3. The average molecular weight is 422 g/mol. The monoisotopic (exact) mass is 422 g/mol. The molecule has 0 amide bonds. The number of aromatic nitrogens is 2. The number of nitrogens with one attached hydrogen (secondary N) is 2. The third kappa shape index (κ3) is 4.23. The van der Waals surface area contributed by atoms with Crippen molar-refractivity contribution in [2.45, 2.75) is 18.7 Å². The molecule has 30 heavy (non-hydrogen) atoms. The summed E-state index contributed by atoms with van der Waals surface area (Å²) in [6, 6.07) is 17.7. The summed E-state index contributed by atoms with van der Waals surface area (Å²) in [6.07, 6.45) is 0. The van der Waals surface area contributed by atoms with Crippen molar-refractivity contribution in [3.8, 4) is 0 Å². The highest BCUT2D eigenvalue weighted by Crippen LogP contribution is 2.28. The van der Waals surface area contributed by atoms with Gasteiger partial charge in [0.25, 0.3) is 10.0 Å². The molecule has 4 aromatic rings. The Kier molecular flexibility index (Phi) is 5.09. The van der Waals surface area contributed by atoms with Gasteiger partial charge in [-0.25, -0.2) is 22.8 Å². The SMILES string of the molecule is Cc1cc(C)cc(Nc2nc3ccccc3nc2NS(=O)(=O)c2ccc(F)cc2)c1. The van der Waals surface area contributed by atoms with Crippen LogP contribution < -0.4 is 10.0 Å². The van der Waals surface area contributed by atoms with Gasteiger partial charge in [0, 0.05) is 5.69 Å². The number of anilines is 3. The van der Waals surface area contributed by atoms with E-state index < -0.39 is 15.8 Å². The predicted molar refractivity (Wildman–Crippen MR) is 116 cm³/mol. The number of para-hydroxylation sites is 2. The highest BCUT2D eigenvalue weighted by Gasteiger charge is 2.19. The molecule has 0 unspecified atom stereocenters. The molecule has 0 aliphatic rings. The Labute approximate surface area is 173 Å². The molecule has 0 saturated heterocycles. The van der Waals surface area contributed by atoms with Crippen LogP contribution in [-0.2, 0) is 10.0 Å². The quantitative estimate of drug-likeness (QED) is 0.476. The smallest absolute Gasteiger partial charge is 0.263 e. The highest BCUT2D eigenvalue weighted by atomic mass is 32.2. The van der Waals surface area contributed by atoms with Gasteiger partial charge in [-0.3, -0.25) is 4.72 Å². The maximum Gasteiger partial charge on any atom is 0.263 e. The number of halogens is 1. The van der Waals surface area contributed by atoms with E-state index in [-0.39, 0.29) is 16.5 Å². The standard InChI is InChI=1S/C22H19FN4O2S/c1-14-11-15(2)13-17(12-14)24-21-22(26-20-6-4-3-5-19(20)25-21)27-30(28,29)18-9-7-16(23)8-10-18/h3-13H,1-2H3,(H,24,25)(H,26,27). The predicted octanol–water partition coefficient (Wildman–Crippen LogP) is 4.93. The molecule has 0 aliphatic carbocycles. The molecule has 0 spiro atoms. The fourth-order valence-electron chi connectivity index (χ4n) is 3.14. The van der Waals surface area contributed by atoms with E-state index in [2.05, 4.69) is 20.0 Å². The minimum Gasteiger partial charge on any atom is -0.337 e. The van der Waals surface area contributed by atoms with Crippen molar-refractivity contribution in [3.05, 3.63) is 83.7 Å². The van der Waals surface area contributed by atoms with Crippen LogP contribution in [0, 0.1) is 19.7 Å². The van der Waals surface area contributed by atoms with Crippen LogP contribution in [0.1, 0.15) is 11.1 Å². The highest BCUT2D eigenvalue weighted by molar-refractivity contribution is 7.92. The molecule has 1 aromatic heterocycles. The summed E-state index contributed by atoms with van der Waals surface area (Å²) in [5.41, 5.74) is 4.04. The van der Waals surface area contributed by atoms with Gasteiger partial charge in [-0.2, -0.15) is 0 Å². The Morgan fingerprint density at radius 3 is 1.97 bits per heavy atom. The fraction of sp³-hybridized carbons (Fsp3) is 0.0909. The maximum absolute atomic E-state index is 13.2. The van der Waals surface area contributed by atoms with E-state index in [4.69, 9.17) is 0 Å². The van der Waals surface area contributed by atoms with Crippen molar-refractivity contribution < 1.29 is 12.8 Å². The van der Waals surface area contributed by atoms with E-state index >= 15 is 0 Å². The lowest BCUT2D eigenvalue weighted by molar-refractivity contribution is 0.599. The molecule has 2 N–H and O–H groups in total. The average Bonchev–Trinajstić information content (AvgIpc) is 2.68. The third-order valence-electron chi connectivity index (χ3n) is 4.41. The van der Waals surface area contributed by atoms with Gasteiger partial charge in [-0.1, -0.05) is 18.2 Å². The number of fused-ring (bicyclic) bond motifs is 1. The Hall–Kier alpha value is -3.52. The lowest BCUT2D eigenvalue weighted by Crippen LogP contribution is -2.16. The molecule has 1 heterocycles. The van der Waals surface area contributed by atoms with Crippen LogP contribution in [0.15, 0.2) is 71.6 Å². The number of hydrogen-bond acceptors (Lipinski definition) is 5. The van der Waals surface area contributed by atoms with Crippen LogP contribution >= 0.6 is 0 Å². The van der Waals surface area contributed by atoms with E-state index in [1.165, 1.54) is 12.1 Å². The first-order chi connectivity index (χ1) is 14.3. The van der Waals surface area contributed by atoms with Crippen molar-refractivity contribution >= 4 is 38.4 Å². The zero-order valence-corrected chi connectivity index (χ0v) is 17.2. The van der Waals surface area contributed by atoms with E-state index in [9.17, 15) is 12.8 Å². The molecular weight excluding hydrogens is 403 g/mol. The fourth-order valence-corrected chi connectivity index (χ4v) is 4.15. The normalized spacial score (nSPS) is 11.4. The first-order valence-corrected chi connectivity index (χ1v) is 10.7. The van der Waals surface area contributed by atoms with Crippen molar-refractivity contribution in [2.75, 3.05) is 10.0 Å². The number of nitrogens with zero attached hydrogens (tertiary/aromatic N) is 2. The van der Waals surface area contributed by atoms with Gasteiger partial charge in [0.15, 0.2) is 11.6 Å². The summed E-state index contributed by atoms with van der Waals surface area (Å²) >= 11 is 0. The van der Waals surface area contributed by atoms with Gasteiger partial charge < -0.3 is 5.32 Å². The van der Waals surface area contributed by atoms with Crippen LogP contribution in [0.5, 0.6) is 0 Å². The van der Waals surface area contributed by atoms with Gasteiger partial charge in [0.2, 0.25) is 0 Å². The summed E-state index contributed by atoms with van der Waals surface area (Å²) in [4.78, 5) is 8.94. The number of rotatable bonds is 5. The summed E-state index contributed by atoms with van der Waals surface area (Å²) < 4.78 is 41.3.